The number of aromatic nitrogens is 1. The molecule has 4 atom stereocenters. The summed E-state index contributed by atoms with van der Waals surface area (Å²) in [7, 11) is 0. The molecule has 2 saturated heterocycles. The molecule has 13 heteroatoms. The maximum Gasteiger partial charge on any atom is 0.318 e. The first-order valence-corrected chi connectivity index (χ1v) is 17.3. The monoisotopic (exact) mass is 668 g/mol. The number of likely N-dealkylation sites (tertiary alicyclic amines) is 1. The second-order valence-corrected chi connectivity index (χ2v) is 14.4. The van der Waals surface area contributed by atoms with Crippen LogP contribution in [0.4, 0.5) is 9.93 Å². The van der Waals surface area contributed by atoms with Gasteiger partial charge in [-0.25, -0.2) is 9.78 Å². The van der Waals surface area contributed by atoms with Crippen molar-refractivity contribution in [2.75, 3.05) is 25.0 Å². The number of carbonyl (C=O) groups is 5. The van der Waals surface area contributed by atoms with Crippen molar-refractivity contribution in [3.8, 4) is 0 Å². The molecule has 0 saturated carbocycles. The minimum Gasteiger partial charge on any atom is -0.361 e. The van der Waals surface area contributed by atoms with E-state index >= 15 is 0 Å². The summed E-state index contributed by atoms with van der Waals surface area (Å²) in [6.45, 7) is 10.6. The van der Waals surface area contributed by atoms with Crippen LogP contribution >= 0.6 is 11.3 Å². The highest BCUT2D eigenvalue weighted by atomic mass is 32.1. The largest absolute Gasteiger partial charge is 0.361 e. The van der Waals surface area contributed by atoms with Gasteiger partial charge >= 0.3 is 6.03 Å². The second-order valence-electron chi connectivity index (χ2n) is 13.5. The average molecular weight is 669 g/mol. The number of hydrogen-bond acceptors (Lipinski definition) is 8. The highest BCUT2D eigenvalue weighted by Gasteiger charge is 2.50. The maximum atomic E-state index is 13.8. The predicted molar refractivity (Wildman–Crippen MR) is 180 cm³/mol. The van der Waals surface area contributed by atoms with E-state index in [0.717, 1.165) is 5.56 Å². The molecule has 256 valence electrons. The number of amides is 5. The summed E-state index contributed by atoms with van der Waals surface area (Å²) in [4.78, 5) is 72.5. The van der Waals surface area contributed by atoms with E-state index in [1.807, 2.05) is 58.0 Å². The molecule has 12 nitrogen and oxygen atoms in total. The lowest BCUT2D eigenvalue weighted by atomic mass is 9.93. The Balaban J connectivity index is 1.42. The van der Waals surface area contributed by atoms with E-state index in [0.29, 0.717) is 50.5 Å². The van der Waals surface area contributed by atoms with Crippen molar-refractivity contribution in [2.24, 2.45) is 17.8 Å². The number of piperidine rings is 1. The van der Waals surface area contributed by atoms with Gasteiger partial charge in [-0.05, 0) is 50.0 Å². The fourth-order valence-corrected chi connectivity index (χ4v) is 6.24. The second kappa shape index (κ2) is 16.3. The Kier molecular flexibility index (Phi) is 12.5. The number of nitrogens with one attached hydrogen (secondary N) is 4. The summed E-state index contributed by atoms with van der Waals surface area (Å²) in [5.74, 6) is -1.29. The number of rotatable bonds is 15. The van der Waals surface area contributed by atoms with Crippen molar-refractivity contribution in [1.29, 1.82) is 0 Å². The van der Waals surface area contributed by atoms with Gasteiger partial charge < -0.3 is 30.9 Å². The van der Waals surface area contributed by atoms with Crippen molar-refractivity contribution < 1.29 is 28.7 Å². The number of carbonyl (C=O) groups excluding carboxylic acids is 5. The Hall–Kier alpha value is -3.84. The van der Waals surface area contributed by atoms with Crippen molar-refractivity contribution in [2.45, 2.75) is 90.4 Å². The van der Waals surface area contributed by atoms with Gasteiger partial charge in [0.1, 0.15) is 17.7 Å². The number of ether oxygens (including phenoxy) is 1. The zero-order valence-corrected chi connectivity index (χ0v) is 28.7. The molecular formula is C34H48N6O6S. The maximum absolute atomic E-state index is 13.8. The molecular weight excluding hydrogens is 620 g/mol. The van der Waals surface area contributed by atoms with Crippen LogP contribution in [0.5, 0.6) is 0 Å². The van der Waals surface area contributed by atoms with Crippen LogP contribution in [0.25, 0.3) is 0 Å². The van der Waals surface area contributed by atoms with Crippen LogP contribution in [-0.2, 0) is 30.3 Å². The minimum atomic E-state index is -0.987. The number of thiazole rings is 1. The van der Waals surface area contributed by atoms with Gasteiger partial charge in [-0.1, -0.05) is 58.0 Å². The van der Waals surface area contributed by atoms with Crippen LogP contribution in [0.1, 0.15) is 65.9 Å². The Morgan fingerprint density at radius 1 is 0.915 bits per heavy atom. The molecule has 0 spiro atoms. The molecule has 2 aromatic rings. The lowest BCUT2D eigenvalue weighted by molar-refractivity contribution is -0.133. The number of nitrogens with zero attached hydrogens (tertiary/aromatic N) is 2. The third-order valence-corrected chi connectivity index (χ3v) is 9.18. The molecule has 4 unspecified atom stereocenters. The number of hydrogen-bond donors (Lipinski definition) is 4. The molecule has 0 aliphatic carbocycles. The van der Waals surface area contributed by atoms with E-state index in [1.165, 1.54) is 11.3 Å². The Morgan fingerprint density at radius 3 is 2.09 bits per heavy atom. The van der Waals surface area contributed by atoms with Crippen molar-refractivity contribution in [3.63, 3.8) is 0 Å². The normalized spacial score (nSPS) is 19.9. The first-order valence-electron chi connectivity index (χ1n) is 16.4. The number of ketones is 1. The van der Waals surface area contributed by atoms with Gasteiger partial charge in [0, 0.05) is 37.0 Å². The summed E-state index contributed by atoms with van der Waals surface area (Å²) in [6, 6.07) is 6.29. The van der Waals surface area contributed by atoms with E-state index < -0.39 is 41.6 Å². The molecule has 47 heavy (non-hydrogen) atoms. The average Bonchev–Trinajstić information content (AvgIpc) is 3.58. The topological polar surface area (TPSA) is 162 Å². The number of benzene rings is 1. The highest BCUT2D eigenvalue weighted by molar-refractivity contribution is 7.13. The number of epoxide rings is 1. The Labute approximate surface area is 280 Å². The van der Waals surface area contributed by atoms with Gasteiger partial charge in [0.2, 0.25) is 17.7 Å². The predicted octanol–water partition coefficient (Wildman–Crippen LogP) is 3.53. The lowest BCUT2D eigenvalue weighted by Crippen LogP contribution is -2.58. The highest BCUT2D eigenvalue weighted by Crippen LogP contribution is 2.30. The minimum absolute atomic E-state index is 0.0695. The fraction of sp³-hybridized carbons (Fsp3) is 0.588. The summed E-state index contributed by atoms with van der Waals surface area (Å²) in [5.41, 5.74) is -0.0691. The summed E-state index contributed by atoms with van der Waals surface area (Å²) in [6.07, 6.45) is 3.60. The Bertz CT molecular complexity index is 1370. The van der Waals surface area contributed by atoms with E-state index in [1.54, 1.807) is 23.4 Å². The van der Waals surface area contributed by atoms with E-state index in [4.69, 9.17) is 4.74 Å². The van der Waals surface area contributed by atoms with Gasteiger partial charge in [-0.15, -0.1) is 11.3 Å². The molecule has 5 amide bonds. The first-order chi connectivity index (χ1) is 22.3. The third kappa shape index (κ3) is 10.6. The molecule has 2 aliphatic heterocycles. The van der Waals surface area contributed by atoms with Crippen molar-refractivity contribution >= 4 is 46.0 Å². The van der Waals surface area contributed by atoms with Crippen molar-refractivity contribution in [1.82, 2.24) is 25.8 Å². The van der Waals surface area contributed by atoms with Gasteiger partial charge in [-0.2, -0.15) is 0 Å². The van der Waals surface area contributed by atoms with Crippen LogP contribution in [0.2, 0.25) is 0 Å². The molecule has 0 radical (unpaired) electrons. The fourth-order valence-electron chi connectivity index (χ4n) is 5.71. The molecule has 3 heterocycles. The van der Waals surface area contributed by atoms with Gasteiger partial charge in [0.15, 0.2) is 10.9 Å². The quantitative estimate of drug-likeness (QED) is 0.211. The lowest BCUT2D eigenvalue weighted by Gasteiger charge is -2.33. The third-order valence-electron chi connectivity index (χ3n) is 8.49. The van der Waals surface area contributed by atoms with E-state index in [9.17, 15) is 24.0 Å². The molecule has 1 aromatic heterocycles. The van der Waals surface area contributed by atoms with Crippen molar-refractivity contribution in [3.05, 3.63) is 47.5 Å². The van der Waals surface area contributed by atoms with E-state index in [2.05, 4.69) is 26.3 Å². The number of urea groups is 1. The summed E-state index contributed by atoms with van der Waals surface area (Å²) in [5, 5.41) is 13.8. The molecule has 0 bridgehead atoms. The van der Waals surface area contributed by atoms with Gasteiger partial charge in [-0.3, -0.25) is 19.2 Å². The Morgan fingerprint density at radius 2 is 1.51 bits per heavy atom. The molecule has 4 rings (SSSR count). The smallest absolute Gasteiger partial charge is 0.318 e. The standard InChI is InChI=1S/C34H48N6O6S/c1-21(2)17-25(28(41)34(5)20-46-34)36-31(44)27(19-23-9-7-6-8-10-23)37-30(43)26(18-22(3)4)38-33(45)40-14-11-24(12-15-40)29(42)39-32-35-13-16-47-32/h6-10,13,16,21-22,24-27H,11-12,14-15,17-20H2,1-5H3,(H,36,44)(H,37,43)(H,38,45)(H,35,39,42). The SMILES string of the molecule is CC(C)CC(NC(=O)N1CCC(C(=O)Nc2nccs2)CC1)C(=O)NC(Cc1ccccc1)C(=O)NC(CC(C)C)C(=O)C1(C)CO1. The zero-order chi connectivity index (χ0) is 34.1. The van der Waals surface area contributed by atoms with Crippen LogP contribution < -0.4 is 21.3 Å². The van der Waals surface area contributed by atoms with Gasteiger partial charge in [0.05, 0.1) is 12.6 Å². The van der Waals surface area contributed by atoms with Crippen LogP contribution in [0, 0.1) is 17.8 Å². The number of anilines is 1. The summed E-state index contributed by atoms with van der Waals surface area (Å²) >= 11 is 1.35. The molecule has 4 N–H and O–H groups in total. The first kappa shape index (κ1) is 36.0. The molecule has 1 aromatic carbocycles. The van der Waals surface area contributed by atoms with Crippen LogP contribution in [0.15, 0.2) is 41.9 Å². The zero-order valence-electron chi connectivity index (χ0n) is 27.9. The van der Waals surface area contributed by atoms with Crippen LogP contribution in [-0.4, -0.2) is 82.8 Å². The molecule has 2 fully saturated rings. The molecule has 2 aliphatic rings. The van der Waals surface area contributed by atoms with Crippen LogP contribution in [0.3, 0.4) is 0 Å². The van der Waals surface area contributed by atoms with E-state index in [-0.39, 0.29) is 35.9 Å². The summed E-state index contributed by atoms with van der Waals surface area (Å²) < 4.78 is 5.38. The number of Topliss-reactive ketones (excluding diaryl/α,β-unsaturated/α-hetero) is 1. The van der Waals surface area contributed by atoms with Gasteiger partial charge in [0.25, 0.3) is 0 Å².